The zero-order chi connectivity index (χ0) is 22.7. The fraction of sp³-hybridized carbons (Fsp3) is 0.348. The first kappa shape index (κ1) is 22.2. The Balaban J connectivity index is 1.41. The van der Waals surface area contributed by atoms with Gasteiger partial charge < -0.3 is 9.64 Å². The standard InChI is InChI=1S/C23H24N2O6S/c26-21(17-9-11-18(12-10-17)32(29,30)24-13-3-4-14-24)16-31-23(28)19-6-1-2-7-20(19)25-15-5-8-22(25)27/h1-2,6-7,9-12H,3-5,8,13-16H2. The highest BCUT2D eigenvalue weighted by atomic mass is 32.2. The summed E-state index contributed by atoms with van der Waals surface area (Å²) in [6.07, 6.45) is 2.85. The third-order valence-electron chi connectivity index (χ3n) is 5.70. The number of Topliss-reactive ketones (excluding diaryl/α,β-unsaturated/α-hetero) is 1. The van der Waals surface area contributed by atoms with E-state index in [9.17, 15) is 22.8 Å². The summed E-state index contributed by atoms with van der Waals surface area (Å²) in [5.74, 6) is -1.19. The molecular formula is C23H24N2O6S. The molecule has 0 N–H and O–H groups in total. The lowest BCUT2D eigenvalue weighted by molar-refractivity contribution is -0.117. The molecule has 0 atom stereocenters. The van der Waals surface area contributed by atoms with Crippen molar-refractivity contribution < 1.29 is 27.5 Å². The maximum absolute atomic E-state index is 12.6. The minimum atomic E-state index is -3.56. The van der Waals surface area contributed by atoms with Gasteiger partial charge in [0.2, 0.25) is 15.9 Å². The summed E-state index contributed by atoms with van der Waals surface area (Å²) in [6, 6.07) is 12.3. The Morgan fingerprint density at radius 2 is 1.59 bits per heavy atom. The number of sulfonamides is 1. The van der Waals surface area contributed by atoms with Crippen molar-refractivity contribution in [2.24, 2.45) is 0 Å². The number of carbonyl (C=O) groups excluding carboxylic acids is 3. The molecular weight excluding hydrogens is 432 g/mol. The number of ketones is 1. The summed E-state index contributed by atoms with van der Waals surface area (Å²) in [5.41, 5.74) is 0.952. The lowest BCUT2D eigenvalue weighted by Crippen LogP contribution is -2.27. The fourth-order valence-corrected chi connectivity index (χ4v) is 5.48. The fourth-order valence-electron chi connectivity index (χ4n) is 3.97. The molecule has 8 nitrogen and oxygen atoms in total. The molecule has 2 saturated heterocycles. The first-order valence-electron chi connectivity index (χ1n) is 10.6. The third-order valence-corrected chi connectivity index (χ3v) is 7.61. The normalized spacial score (nSPS) is 17.0. The van der Waals surface area contributed by atoms with Crippen LogP contribution in [0.3, 0.4) is 0 Å². The van der Waals surface area contributed by atoms with Crippen LogP contribution < -0.4 is 4.90 Å². The number of hydrogen-bond acceptors (Lipinski definition) is 6. The van der Waals surface area contributed by atoms with E-state index in [1.807, 2.05) is 0 Å². The van der Waals surface area contributed by atoms with Gasteiger partial charge in [-0.05, 0) is 55.7 Å². The van der Waals surface area contributed by atoms with Gasteiger partial charge in [0.1, 0.15) is 0 Å². The molecule has 0 aliphatic carbocycles. The number of rotatable bonds is 7. The smallest absolute Gasteiger partial charge is 0.340 e. The average molecular weight is 457 g/mol. The lowest BCUT2D eigenvalue weighted by Gasteiger charge is -2.18. The van der Waals surface area contributed by atoms with Gasteiger partial charge in [-0.1, -0.05) is 12.1 Å². The number of esters is 1. The Hall–Kier alpha value is -3.04. The van der Waals surface area contributed by atoms with Crippen molar-refractivity contribution >= 4 is 33.4 Å². The maximum atomic E-state index is 12.6. The van der Waals surface area contributed by atoms with E-state index in [4.69, 9.17) is 4.74 Å². The van der Waals surface area contributed by atoms with Crippen molar-refractivity contribution in [1.29, 1.82) is 0 Å². The minimum absolute atomic E-state index is 0.0506. The highest BCUT2D eigenvalue weighted by molar-refractivity contribution is 7.89. The van der Waals surface area contributed by atoms with Crippen molar-refractivity contribution in [1.82, 2.24) is 4.31 Å². The molecule has 0 saturated carbocycles. The predicted molar refractivity (Wildman–Crippen MR) is 117 cm³/mol. The van der Waals surface area contributed by atoms with Crippen molar-refractivity contribution in [2.75, 3.05) is 31.1 Å². The van der Waals surface area contributed by atoms with Crippen LogP contribution in [0.25, 0.3) is 0 Å². The maximum Gasteiger partial charge on any atom is 0.340 e. The largest absolute Gasteiger partial charge is 0.454 e. The van der Waals surface area contributed by atoms with E-state index in [-0.39, 0.29) is 21.9 Å². The summed E-state index contributed by atoms with van der Waals surface area (Å²) in [6.45, 7) is 1.06. The molecule has 168 valence electrons. The molecule has 9 heteroatoms. The number of anilines is 1. The van der Waals surface area contributed by atoms with Crippen LogP contribution in [0.2, 0.25) is 0 Å². The second kappa shape index (κ2) is 9.22. The molecule has 2 fully saturated rings. The van der Waals surface area contributed by atoms with Crippen LogP contribution in [0.5, 0.6) is 0 Å². The molecule has 4 rings (SSSR count). The zero-order valence-electron chi connectivity index (χ0n) is 17.5. The van der Waals surface area contributed by atoms with Gasteiger partial charge >= 0.3 is 5.97 Å². The summed E-state index contributed by atoms with van der Waals surface area (Å²) in [5, 5.41) is 0. The lowest BCUT2D eigenvalue weighted by atomic mass is 10.1. The number of carbonyl (C=O) groups is 3. The number of para-hydroxylation sites is 1. The Kier molecular flexibility index (Phi) is 6.38. The van der Waals surface area contributed by atoms with E-state index in [0.29, 0.717) is 31.7 Å². The van der Waals surface area contributed by atoms with Gasteiger partial charge in [-0.3, -0.25) is 9.59 Å². The van der Waals surface area contributed by atoms with E-state index in [0.717, 1.165) is 19.3 Å². The first-order valence-corrected chi connectivity index (χ1v) is 12.0. The summed E-state index contributed by atoms with van der Waals surface area (Å²) < 4.78 is 31.8. The zero-order valence-corrected chi connectivity index (χ0v) is 18.3. The molecule has 2 heterocycles. The van der Waals surface area contributed by atoms with Gasteiger partial charge in [-0.2, -0.15) is 4.31 Å². The summed E-state index contributed by atoms with van der Waals surface area (Å²) in [7, 11) is -3.56. The molecule has 2 aliphatic heterocycles. The van der Waals surface area contributed by atoms with E-state index in [2.05, 4.69) is 0 Å². The van der Waals surface area contributed by atoms with E-state index in [1.165, 1.54) is 28.6 Å². The number of nitrogens with zero attached hydrogens (tertiary/aromatic N) is 2. The monoisotopic (exact) mass is 456 g/mol. The minimum Gasteiger partial charge on any atom is -0.454 e. The van der Waals surface area contributed by atoms with E-state index >= 15 is 0 Å². The first-order chi connectivity index (χ1) is 15.4. The van der Waals surface area contributed by atoms with Crippen molar-refractivity contribution in [3.63, 3.8) is 0 Å². The van der Waals surface area contributed by atoms with Gasteiger partial charge in [-0.15, -0.1) is 0 Å². The van der Waals surface area contributed by atoms with Crippen molar-refractivity contribution in [3.05, 3.63) is 59.7 Å². The predicted octanol–water partition coefficient (Wildman–Crippen LogP) is 2.64. The second-order valence-corrected chi connectivity index (χ2v) is 9.74. The molecule has 0 aromatic heterocycles. The number of benzene rings is 2. The van der Waals surface area contributed by atoms with Gasteiger partial charge in [-0.25, -0.2) is 13.2 Å². The molecule has 0 radical (unpaired) electrons. The number of amides is 1. The average Bonchev–Trinajstić information content (AvgIpc) is 3.50. The molecule has 0 bridgehead atoms. The third kappa shape index (κ3) is 4.44. The van der Waals surface area contributed by atoms with Crippen LogP contribution in [0.4, 0.5) is 5.69 Å². The highest BCUT2D eigenvalue weighted by Gasteiger charge is 2.28. The van der Waals surface area contributed by atoms with Gasteiger partial charge in [0.25, 0.3) is 0 Å². The number of ether oxygens (including phenoxy) is 1. The Morgan fingerprint density at radius 1 is 0.906 bits per heavy atom. The Morgan fingerprint density at radius 3 is 2.25 bits per heavy atom. The quantitative estimate of drug-likeness (QED) is 0.469. The van der Waals surface area contributed by atoms with Crippen LogP contribution in [-0.2, 0) is 19.6 Å². The summed E-state index contributed by atoms with van der Waals surface area (Å²) in [4.78, 5) is 38.8. The van der Waals surface area contributed by atoms with E-state index < -0.39 is 28.4 Å². The Bertz CT molecular complexity index is 1140. The van der Waals surface area contributed by atoms with Crippen LogP contribution in [0, 0.1) is 0 Å². The summed E-state index contributed by atoms with van der Waals surface area (Å²) >= 11 is 0. The van der Waals surface area contributed by atoms with Gasteiger partial charge in [0.15, 0.2) is 12.4 Å². The van der Waals surface area contributed by atoms with Gasteiger partial charge in [0.05, 0.1) is 16.1 Å². The molecule has 2 aromatic carbocycles. The molecule has 1 amide bonds. The topological polar surface area (TPSA) is 101 Å². The van der Waals surface area contributed by atoms with Gasteiger partial charge in [0, 0.05) is 31.6 Å². The van der Waals surface area contributed by atoms with Crippen LogP contribution in [0.1, 0.15) is 46.4 Å². The molecule has 2 aliphatic rings. The molecule has 0 spiro atoms. The van der Waals surface area contributed by atoms with Crippen molar-refractivity contribution in [3.8, 4) is 0 Å². The molecule has 32 heavy (non-hydrogen) atoms. The van der Waals surface area contributed by atoms with Crippen molar-refractivity contribution in [2.45, 2.75) is 30.6 Å². The van der Waals surface area contributed by atoms with E-state index in [1.54, 1.807) is 29.2 Å². The Labute approximate surface area is 186 Å². The molecule has 2 aromatic rings. The molecule has 0 unspecified atom stereocenters. The van der Waals surface area contributed by atoms with Crippen LogP contribution in [0.15, 0.2) is 53.4 Å². The highest BCUT2D eigenvalue weighted by Crippen LogP contribution is 2.26. The van der Waals surface area contributed by atoms with Crippen LogP contribution >= 0.6 is 0 Å². The second-order valence-electron chi connectivity index (χ2n) is 7.80. The van der Waals surface area contributed by atoms with Crippen LogP contribution in [-0.4, -0.2) is 56.6 Å². The number of hydrogen-bond donors (Lipinski definition) is 0. The SMILES string of the molecule is O=C(COC(=O)c1ccccc1N1CCCC1=O)c1ccc(S(=O)(=O)N2CCCC2)cc1.